The first-order chi connectivity index (χ1) is 5.36. The van der Waals surface area contributed by atoms with Crippen LogP contribution in [-0.4, -0.2) is 5.33 Å². The standard InChI is InChI=1S/C9H13BrS/c1-2-3-8-4-5-9(11-8)6-7-10/h4-5H,2-3,6-7H2,1H3. The minimum absolute atomic E-state index is 1.08. The Bertz CT molecular complexity index is 185. The summed E-state index contributed by atoms with van der Waals surface area (Å²) in [5.74, 6) is 0. The van der Waals surface area contributed by atoms with Crippen LogP contribution in [0.25, 0.3) is 0 Å². The molecule has 1 heterocycles. The van der Waals surface area contributed by atoms with E-state index in [1.165, 1.54) is 29.0 Å². The van der Waals surface area contributed by atoms with Crippen LogP contribution < -0.4 is 0 Å². The van der Waals surface area contributed by atoms with Crippen LogP contribution in [0.5, 0.6) is 0 Å². The number of hydrogen-bond donors (Lipinski definition) is 0. The van der Waals surface area contributed by atoms with Gasteiger partial charge in [0.2, 0.25) is 0 Å². The van der Waals surface area contributed by atoms with Crippen molar-refractivity contribution in [3.05, 3.63) is 21.9 Å². The maximum absolute atomic E-state index is 3.44. The molecule has 0 aliphatic heterocycles. The van der Waals surface area contributed by atoms with E-state index in [1.807, 2.05) is 11.3 Å². The van der Waals surface area contributed by atoms with Crippen LogP contribution in [0.15, 0.2) is 12.1 Å². The fraction of sp³-hybridized carbons (Fsp3) is 0.556. The number of hydrogen-bond acceptors (Lipinski definition) is 1. The van der Waals surface area contributed by atoms with Crippen LogP contribution in [0, 0.1) is 0 Å². The molecular weight excluding hydrogens is 220 g/mol. The van der Waals surface area contributed by atoms with Crippen LogP contribution in [0.1, 0.15) is 23.1 Å². The van der Waals surface area contributed by atoms with E-state index >= 15 is 0 Å². The van der Waals surface area contributed by atoms with Crippen molar-refractivity contribution in [2.75, 3.05) is 5.33 Å². The lowest BCUT2D eigenvalue weighted by molar-refractivity contribution is 0.940. The Morgan fingerprint density at radius 3 is 2.45 bits per heavy atom. The Morgan fingerprint density at radius 1 is 1.27 bits per heavy atom. The molecule has 0 saturated carbocycles. The van der Waals surface area contributed by atoms with Gasteiger partial charge in [0, 0.05) is 15.1 Å². The third-order valence-corrected chi connectivity index (χ3v) is 3.16. The molecule has 0 amide bonds. The lowest BCUT2D eigenvalue weighted by atomic mass is 10.3. The highest BCUT2D eigenvalue weighted by Gasteiger charge is 1.97. The average Bonchev–Trinajstić information content (AvgIpc) is 2.38. The second-order valence-electron chi connectivity index (χ2n) is 2.56. The topological polar surface area (TPSA) is 0 Å². The fourth-order valence-corrected chi connectivity index (χ4v) is 2.84. The summed E-state index contributed by atoms with van der Waals surface area (Å²) in [7, 11) is 0. The van der Waals surface area contributed by atoms with Crippen molar-refractivity contribution in [2.24, 2.45) is 0 Å². The monoisotopic (exact) mass is 232 g/mol. The zero-order chi connectivity index (χ0) is 8.10. The van der Waals surface area contributed by atoms with E-state index in [9.17, 15) is 0 Å². The molecule has 0 atom stereocenters. The van der Waals surface area contributed by atoms with Gasteiger partial charge in [-0.15, -0.1) is 11.3 Å². The Kier molecular flexibility index (Phi) is 4.16. The van der Waals surface area contributed by atoms with Crippen molar-refractivity contribution in [2.45, 2.75) is 26.2 Å². The lowest BCUT2D eigenvalue weighted by Gasteiger charge is -1.89. The summed E-state index contributed by atoms with van der Waals surface area (Å²) in [4.78, 5) is 3.04. The number of halogens is 1. The first kappa shape index (κ1) is 9.27. The van der Waals surface area contributed by atoms with Crippen molar-refractivity contribution in [1.29, 1.82) is 0 Å². The molecule has 0 aliphatic rings. The summed E-state index contributed by atoms with van der Waals surface area (Å²) in [6.07, 6.45) is 3.68. The van der Waals surface area contributed by atoms with Gasteiger partial charge in [0.25, 0.3) is 0 Å². The van der Waals surface area contributed by atoms with E-state index in [2.05, 4.69) is 35.0 Å². The van der Waals surface area contributed by atoms with Gasteiger partial charge < -0.3 is 0 Å². The minimum atomic E-state index is 1.08. The van der Waals surface area contributed by atoms with Gasteiger partial charge in [-0.05, 0) is 25.0 Å². The Labute approximate surface area is 80.8 Å². The summed E-state index contributed by atoms with van der Waals surface area (Å²) in [5, 5.41) is 1.08. The van der Waals surface area contributed by atoms with Crippen molar-refractivity contribution in [3.8, 4) is 0 Å². The molecule has 1 aromatic rings. The largest absolute Gasteiger partial charge is 0.145 e. The molecule has 0 aromatic carbocycles. The summed E-state index contributed by atoms with van der Waals surface area (Å²) >= 11 is 5.39. The van der Waals surface area contributed by atoms with Gasteiger partial charge in [-0.1, -0.05) is 29.3 Å². The molecule has 0 fully saturated rings. The molecular formula is C9H13BrS. The van der Waals surface area contributed by atoms with Gasteiger partial charge in [0.1, 0.15) is 0 Å². The predicted molar refractivity (Wildman–Crippen MR) is 55.8 cm³/mol. The van der Waals surface area contributed by atoms with E-state index in [-0.39, 0.29) is 0 Å². The minimum Gasteiger partial charge on any atom is -0.145 e. The summed E-state index contributed by atoms with van der Waals surface area (Å²) < 4.78 is 0. The average molecular weight is 233 g/mol. The van der Waals surface area contributed by atoms with Gasteiger partial charge in [-0.2, -0.15) is 0 Å². The van der Waals surface area contributed by atoms with Crippen LogP contribution in [0.2, 0.25) is 0 Å². The lowest BCUT2D eigenvalue weighted by Crippen LogP contribution is -1.77. The van der Waals surface area contributed by atoms with Crippen LogP contribution >= 0.6 is 27.3 Å². The van der Waals surface area contributed by atoms with Gasteiger partial charge in [0.05, 0.1) is 0 Å². The third kappa shape index (κ3) is 2.96. The molecule has 0 radical (unpaired) electrons. The maximum Gasteiger partial charge on any atom is 0.00796 e. The number of thiophene rings is 1. The molecule has 0 bridgehead atoms. The SMILES string of the molecule is CCCc1ccc(CCBr)s1. The molecule has 0 unspecified atom stereocenters. The summed E-state index contributed by atoms with van der Waals surface area (Å²) in [5.41, 5.74) is 0. The fourth-order valence-electron chi connectivity index (χ4n) is 1.03. The highest BCUT2D eigenvalue weighted by atomic mass is 79.9. The molecule has 62 valence electrons. The van der Waals surface area contributed by atoms with E-state index in [0.29, 0.717) is 0 Å². The molecule has 1 aromatic heterocycles. The molecule has 2 heteroatoms. The van der Waals surface area contributed by atoms with E-state index in [4.69, 9.17) is 0 Å². The van der Waals surface area contributed by atoms with Crippen molar-refractivity contribution < 1.29 is 0 Å². The molecule has 0 spiro atoms. The molecule has 0 aliphatic carbocycles. The quantitative estimate of drug-likeness (QED) is 0.696. The Balaban J connectivity index is 2.51. The smallest absolute Gasteiger partial charge is 0.00796 e. The first-order valence-corrected chi connectivity index (χ1v) is 5.94. The summed E-state index contributed by atoms with van der Waals surface area (Å²) in [6.45, 7) is 2.23. The highest BCUT2D eigenvalue weighted by Crippen LogP contribution is 2.18. The Hall–Kier alpha value is 0.180. The summed E-state index contributed by atoms with van der Waals surface area (Å²) in [6, 6.07) is 4.50. The van der Waals surface area contributed by atoms with Gasteiger partial charge in [-0.3, -0.25) is 0 Å². The highest BCUT2D eigenvalue weighted by molar-refractivity contribution is 9.09. The molecule has 0 saturated heterocycles. The zero-order valence-corrected chi connectivity index (χ0v) is 9.17. The predicted octanol–water partition coefficient (Wildman–Crippen LogP) is 3.64. The van der Waals surface area contributed by atoms with Crippen LogP contribution in [-0.2, 0) is 12.8 Å². The van der Waals surface area contributed by atoms with Crippen LogP contribution in [0.4, 0.5) is 0 Å². The van der Waals surface area contributed by atoms with Crippen molar-refractivity contribution in [1.82, 2.24) is 0 Å². The molecule has 0 N–H and O–H groups in total. The molecule has 11 heavy (non-hydrogen) atoms. The van der Waals surface area contributed by atoms with E-state index in [0.717, 1.165) is 5.33 Å². The molecule has 0 nitrogen and oxygen atoms in total. The van der Waals surface area contributed by atoms with Crippen LogP contribution in [0.3, 0.4) is 0 Å². The molecule has 1 rings (SSSR count). The second-order valence-corrected chi connectivity index (χ2v) is 4.60. The third-order valence-electron chi connectivity index (χ3n) is 1.55. The van der Waals surface area contributed by atoms with Gasteiger partial charge in [-0.25, -0.2) is 0 Å². The van der Waals surface area contributed by atoms with Gasteiger partial charge in [0.15, 0.2) is 0 Å². The maximum atomic E-state index is 3.44. The van der Waals surface area contributed by atoms with E-state index < -0.39 is 0 Å². The first-order valence-electron chi connectivity index (χ1n) is 4.00. The number of alkyl halides is 1. The normalized spacial score (nSPS) is 10.4. The number of rotatable bonds is 4. The van der Waals surface area contributed by atoms with E-state index in [1.54, 1.807) is 0 Å². The van der Waals surface area contributed by atoms with Crippen molar-refractivity contribution >= 4 is 27.3 Å². The number of aryl methyl sites for hydroxylation is 2. The van der Waals surface area contributed by atoms with Crippen molar-refractivity contribution in [3.63, 3.8) is 0 Å². The second kappa shape index (κ2) is 4.94. The Morgan fingerprint density at radius 2 is 1.91 bits per heavy atom. The van der Waals surface area contributed by atoms with Gasteiger partial charge >= 0.3 is 0 Å². The zero-order valence-electron chi connectivity index (χ0n) is 6.77.